The summed E-state index contributed by atoms with van der Waals surface area (Å²) in [5.74, 6) is 0.724. The van der Waals surface area contributed by atoms with Crippen molar-refractivity contribution < 1.29 is 4.74 Å². The average molecular weight is 227 g/mol. The predicted molar refractivity (Wildman–Crippen MR) is 69.7 cm³/mol. The van der Waals surface area contributed by atoms with Crippen LogP contribution in [0, 0.1) is 11.3 Å². The fourth-order valence-electron chi connectivity index (χ4n) is 2.16. The first-order valence-electron chi connectivity index (χ1n) is 6.72. The Morgan fingerprint density at radius 2 is 2.00 bits per heavy atom. The van der Waals surface area contributed by atoms with E-state index in [-0.39, 0.29) is 0 Å². The van der Waals surface area contributed by atoms with Gasteiger partial charge in [0.1, 0.15) is 0 Å². The minimum absolute atomic E-state index is 0.389. The molecule has 1 saturated carbocycles. The second kappa shape index (κ2) is 6.02. The molecular formula is C14H29NO. The van der Waals surface area contributed by atoms with E-state index in [0.29, 0.717) is 17.6 Å². The summed E-state index contributed by atoms with van der Waals surface area (Å²) in [6.45, 7) is 10.4. The van der Waals surface area contributed by atoms with Gasteiger partial charge in [0.05, 0.1) is 6.10 Å². The summed E-state index contributed by atoms with van der Waals surface area (Å²) in [5, 5.41) is 3.73. The summed E-state index contributed by atoms with van der Waals surface area (Å²) in [5.41, 5.74) is 0.389. The maximum Gasteiger partial charge on any atom is 0.0586 e. The highest BCUT2D eigenvalue weighted by Gasteiger charge is 2.26. The van der Waals surface area contributed by atoms with E-state index in [1.165, 1.54) is 25.7 Å². The molecule has 2 heteroatoms. The molecule has 0 spiro atoms. The Bertz CT molecular complexity index is 201. The number of hydrogen-bond donors (Lipinski definition) is 1. The second-order valence-corrected chi connectivity index (χ2v) is 6.25. The van der Waals surface area contributed by atoms with Crippen LogP contribution in [0.25, 0.3) is 0 Å². The molecule has 0 radical (unpaired) electrons. The van der Waals surface area contributed by atoms with Crippen LogP contribution in [-0.4, -0.2) is 25.8 Å². The van der Waals surface area contributed by atoms with E-state index < -0.39 is 0 Å². The molecule has 1 N–H and O–H groups in total. The third-order valence-electron chi connectivity index (χ3n) is 4.37. The predicted octanol–water partition coefficient (Wildman–Crippen LogP) is 3.22. The van der Waals surface area contributed by atoms with Crippen LogP contribution in [0.3, 0.4) is 0 Å². The van der Waals surface area contributed by atoms with Crippen LogP contribution in [-0.2, 0) is 4.74 Å². The number of hydrogen-bond acceptors (Lipinski definition) is 2. The third-order valence-corrected chi connectivity index (χ3v) is 4.37. The van der Waals surface area contributed by atoms with Crippen molar-refractivity contribution in [3.63, 3.8) is 0 Å². The standard InChI is InChI=1S/C14H29NO/c1-11(2)14(3,4)10-15-12-7-6-8-13(9-12)16-5/h11-13,15H,6-10H2,1-5H3. The molecular weight excluding hydrogens is 198 g/mol. The summed E-state index contributed by atoms with van der Waals surface area (Å²) < 4.78 is 5.46. The fraction of sp³-hybridized carbons (Fsp3) is 1.00. The minimum Gasteiger partial charge on any atom is -0.381 e. The van der Waals surface area contributed by atoms with E-state index in [2.05, 4.69) is 33.0 Å². The molecule has 0 aromatic rings. The number of rotatable bonds is 5. The van der Waals surface area contributed by atoms with Crippen molar-refractivity contribution in [1.29, 1.82) is 0 Å². The number of ether oxygens (including phenoxy) is 1. The first-order valence-corrected chi connectivity index (χ1v) is 6.72. The maximum absolute atomic E-state index is 5.46. The first-order chi connectivity index (χ1) is 7.45. The van der Waals surface area contributed by atoms with Crippen molar-refractivity contribution in [2.75, 3.05) is 13.7 Å². The van der Waals surface area contributed by atoms with Crippen molar-refractivity contribution in [2.24, 2.45) is 11.3 Å². The number of nitrogens with one attached hydrogen (secondary N) is 1. The third kappa shape index (κ3) is 4.06. The van der Waals surface area contributed by atoms with Crippen LogP contribution in [0.2, 0.25) is 0 Å². The van der Waals surface area contributed by atoms with E-state index in [0.717, 1.165) is 12.5 Å². The van der Waals surface area contributed by atoms with Crippen molar-refractivity contribution in [1.82, 2.24) is 5.32 Å². The lowest BCUT2D eigenvalue weighted by Crippen LogP contribution is -2.42. The van der Waals surface area contributed by atoms with Gasteiger partial charge in [-0.15, -0.1) is 0 Å². The second-order valence-electron chi connectivity index (χ2n) is 6.25. The molecule has 2 nitrogen and oxygen atoms in total. The van der Waals surface area contributed by atoms with Gasteiger partial charge in [0.25, 0.3) is 0 Å². The molecule has 0 aliphatic heterocycles. The summed E-state index contributed by atoms with van der Waals surface area (Å²) in [4.78, 5) is 0. The zero-order valence-electron chi connectivity index (χ0n) is 11.7. The number of methoxy groups -OCH3 is 1. The summed E-state index contributed by atoms with van der Waals surface area (Å²) in [6.07, 6.45) is 5.52. The van der Waals surface area contributed by atoms with Gasteiger partial charge in [0.2, 0.25) is 0 Å². The molecule has 1 aliphatic carbocycles. The zero-order chi connectivity index (χ0) is 12.2. The van der Waals surface area contributed by atoms with E-state index in [1.54, 1.807) is 0 Å². The van der Waals surface area contributed by atoms with Crippen LogP contribution in [0.1, 0.15) is 53.4 Å². The molecule has 0 amide bonds. The monoisotopic (exact) mass is 227 g/mol. The lowest BCUT2D eigenvalue weighted by atomic mass is 9.80. The Labute approximate surface area is 101 Å². The smallest absolute Gasteiger partial charge is 0.0586 e. The quantitative estimate of drug-likeness (QED) is 0.778. The first kappa shape index (κ1) is 14.0. The SMILES string of the molecule is COC1CCCC(NCC(C)(C)C(C)C)C1. The van der Waals surface area contributed by atoms with Gasteiger partial charge >= 0.3 is 0 Å². The molecule has 0 aromatic heterocycles. The normalized spacial score (nSPS) is 27.4. The van der Waals surface area contributed by atoms with Gasteiger partial charge in [-0.05, 0) is 37.0 Å². The topological polar surface area (TPSA) is 21.3 Å². The van der Waals surface area contributed by atoms with Gasteiger partial charge in [-0.1, -0.05) is 27.7 Å². The molecule has 2 unspecified atom stereocenters. The van der Waals surface area contributed by atoms with Crippen molar-refractivity contribution >= 4 is 0 Å². The van der Waals surface area contributed by atoms with Gasteiger partial charge in [-0.3, -0.25) is 0 Å². The van der Waals surface area contributed by atoms with Gasteiger partial charge in [0, 0.05) is 19.7 Å². The minimum atomic E-state index is 0.389. The zero-order valence-corrected chi connectivity index (χ0v) is 11.7. The highest BCUT2D eigenvalue weighted by Crippen LogP contribution is 2.26. The Morgan fingerprint density at radius 3 is 2.56 bits per heavy atom. The molecule has 0 saturated heterocycles. The van der Waals surface area contributed by atoms with Gasteiger partial charge in [0.15, 0.2) is 0 Å². The highest BCUT2D eigenvalue weighted by atomic mass is 16.5. The van der Waals surface area contributed by atoms with E-state index in [9.17, 15) is 0 Å². The van der Waals surface area contributed by atoms with Crippen LogP contribution < -0.4 is 5.32 Å². The van der Waals surface area contributed by atoms with Crippen molar-refractivity contribution in [3.8, 4) is 0 Å². The van der Waals surface area contributed by atoms with Crippen molar-refractivity contribution in [2.45, 2.75) is 65.5 Å². The molecule has 96 valence electrons. The Hall–Kier alpha value is -0.0800. The molecule has 0 heterocycles. The van der Waals surface area contributed by atoms with E-state index in [1.807, 2.05) is 7.11 Å². The Balaban J connectivity index is 2.32. The highest BCUT2D eigenvalue weighted by molar-refractivity contribution is 4.82. The molecule has 1 aliphatic rings. The molecule has 0 aromatic carbocycles. The summed E-state index contributed by atoms with van der Waals surface area (Å²) in [7, 11) is 1.84. The Morgan fingerprint density at radius 1 is 1.31 bits per heavy atom. The largest absolute Gasteiger partial charge is 0.381 e. The van der Waals surface area contributed by atoms with Gasteiger partial charge < -0.3 is 10.1 Å². The maximum atomic E-state index is 5.46. The molecule has 2 atom stereocenters. The van der Waals surface area contributed by atoms with Crippen LogP contribution >= 0.6 is 0 Å². The van der Waals surface area contributed by atoms with Crippen LogP contribution in [0.5, 0.6) is 0 Å². The average Bonchev–Trinajstić information content (AvgIpc) is 2.26. The molecule has 0 bridgehead atoms. The van der Waals surface area contributed by atoms with Crippen LogP contribution in [0.15, 0.2) is 0 Å². The van der Waals surface area contributed by atoms with E-state index >= 15 is 0 Å². The van der Waals surface area contributed by atoms with Gasteiger partial charge in [-0.25, -0.2) is 0 Å². The molecule has 1 rings (SSSR count). The molecule has 16 heavy (non-hydrogen) atoms. The lowest BCUT2D eigenvalue weighted by Gasteiger charge is -2.34. The summed E-state index contributed by atoms with van der Waals surface area (Å²) >= 11 is 0. The van der Waals surface area contributed by atoms with Crippen LogP contribution in [0.4, 0.5) is 0 Å². The lowest BCUT2D eigenvalue weighted by molar-refractivity contribution is 0.0561. The van der Waals surface area contributed by atoms with Gasteiger partial charge in [-0.2, -0.15) is 0 Å². The Kier molecular flexibility index (Phi) is 5.26. The fourth-order valence-corrected chi connectivity index (χ4v) is 2.16. The van der Waals surface area contributed by atoms with Crippen molar-refractivity contribution in [3.05, 3.63) is 0 Å². The van der Waals surface area contributed by atoms with E-state index in [4.69, 9.17) is 4.74 Å². The summed E-state index contributed by atoms with van der Waals surface area (Å²) in [6, 6.07) is 0.664. The molecule has 1 fully saturated rings.